The molecule has 6 heteroatoms. The van der Waals surface area contributed by atoms with Gasteiger partial charge in [-0.2, -0.15) is 0 Å². The molecular weight excluding hydrogens is 305 g/mol. The SMILES string of the molecule is O=C(N[C@H](O)C(Cl)Cl)c1ccc(Br)cc1. The Balaban J connectivity index is 2.65. The molecule has 0 saturated heterocycles. The molecule has 3 nitrogen and oxygen atoms in total. The number of rotatable bonds is 3. The van der Waals surface area contributed by atoms with Gasteiger partial charge in [-0.1, -0.05) is 15.9 Å². The van der Waals surface area contributed by atoms with E-state index in [1.54, 1.807) is 24.3 Å². The van der Waals surface area contributed by atoms with Gasteiger partial charge in [-0.15, -0.1) is 23.2 Å². The van der Waals surface area contributed by atoms with Gasteiger partial charge >= 0.3 is 0 Å². The van der Waals surface area contributed by atoms with Crippen LogP contribution in [0.3, 0.4) is 0 Å². The minimum absolute atomic E-state index is 0.422. The quantitative estimate of drug-likeness (QED) is 0.664. The van der Waals surface area contributed by atoms with E-state index in [-0.39, 0.29) is 0 Å². The van der Waals surface area contributed by atoms with Crippen molar-refractivity contribution in [3.8, 4) is 0 Å². The predicted octanol–water partition coefficient (Wildman–Crippen LogP) is 2.30. The molecule has 0 fully saturated rings. The lowest BCUT2D eigenvalue weighted by atomic mass is 10.2. The first-order chi connectivity index (χ1) is 7.00. The molecule has 15 heavy (non-hydrogen) atoms. The highest BCUT2D eigenvalue weighted by atomic mass is 79.9. The van der Waals surface area contributed by atoms with Crippen molar-refractivity contribution in [3.05, 3.63) is 34.3 Å². The van der Waals surface area contributed by atoms with Gasteiger partial charge < -0.3 is 10.4 Å². The average Bonchev–Trinajstić information content (AvgIpc) is 2.18. The normalized spacial score (nSPS) is 12.6. The number of halogens is 3. The molecule has 0 aliphatic rings. The number of aliphatic hydroxyl groups excluding tert-OH is 1. The van der Waals surface area contributed by atoms with Crippen molar-refractivity contribution in [3.63, 3.8) is 0 Å². The fourth-order valence-electron chi connectivity index (χ4n) is 0.882. The Hall–Kier alpha value is -0.290. The Morgan fingerprint density at radius 2 is 1.87 bits per heavy atom. The van der Waals surface area contributed by atoms with Crippen molar-refractivity contribution in [2.75, 3.05) is 0 Å². The monoisotopic (exact) mass is 311 g/mol. The van der Waals surface area contributed by atoms with Crippen LogP contribution in [0.4, 0.5) is 0 Å². The summed E-state index contributed by atoms with van der Waals surface area (Å²) < 4.78 is 0.868. The zero-order valence-corrected chi connectivity index (χ0v) is 10.6. The maximum absolute atomic E-state index is 11.5. The Morgan fingerprint density at radius 1 is 1.33 bits per heavy atom. The van der Waals surface area contributed by atoms with Gasteiger partial charge in [0.15, 0.2) is 11.1 Å². The van der Waals surface area contributed by atoms with E-state index in [9.17, 15) is 9.90 Å². The summed E-state index contributed by atoms with van der Waals surface area (Å²) in [6.45, 7) is 0. The molecule has 82 valence electrons. The molecule has 0 saturated carbocycles. The molecule has 0 bridgehead atoms. The summed E-state index contributed by atoms with van der Waals surface area (Å²) in [6.07, 6.45) is -1.27. The van der Waals surface area contributed by atoms with Crippen LogP contribution in [0.15, 0.2) is 28.7 Å². The van der Waals surface area contributed by atoms with Crippen LogP contribution in [0.25, 0.3) is 0 Å². The Kier molecular flexibility index (Phi) is 4.86. The summed E-state index contributed by atoms with van der Waals surface area (Å²) >= 11 is 14.0. The van der Waals surface area contributed by atoms with Crippen molar-refractivity contribution in [2.24, 2.45) is 0 Å². The molecule has 1 rings (SSSR count). The van der Waals surface area contributed by atoms with Gasteiger partial charge in [0.1, 0.15) is 0 Å². The molecule has 0 radical (unpaired) electrons. The highest BCUT2D eigenvalue weighted by Gasteiger charge is 2.16. The van der Waals surface area contributed by atoms with Gasteiger partial charge in [0.2, 0.25) is 0 Å². The van der Waals surface area contributed by atoms with Crippen LogP contribution in [0.1, 0.15) is 10.4 Å². The number of amides is 1. The molecule has 0 aliphatic heterocycles. The topological polar surface area (TPSA) is 49.3 Å². The maximum Gasteiger partial charge on any atom is 0.253 e. The second-order valence-electron chi connectivity index (χ2n) is 2.76. The Bertz CT molecular complexity index is 342. The first-order valence-electron chi connectivity index (χ1n) is 4.03. The second kappa shape index (κ2) is 5.70. The second-order valence-corrected chi connectivity index (χ2v) is 4.84. The molecule has 1 amide bonds. The highest BCUT2D eigenvalue weighted by Crippen LogP contribution is 2.11. The zero-order valence-electron chi connectivity index (χ0n) is 7.45. The van der Waals surface area contributed by atoms with E-state index in [1.807, 2.05) is 0 Å². The molecule has 1 atom stereocenters. The predicted molar refractivity (Wildman–Crippen MR) is 63.1 cm³/mol. The molecule has 0 aromatic heterocycles. The zero-order chi connectivity index (χ0) is 11.4. The summed E-state index contributed by atoms with van der Waals surface area (Å²) in [6, 6.07) is 6.67. The number of hydrogen-bond acceptors (Lipinski definition) is 2. The van der Waals surface area contributed by atoms with Crippen LogP contribution in [-0.4, -0.2) is 22.1 Å². The van der Waals surface area contributed by atoms with E-state index in [0.29, 0.717) is 5.56 Å². The number of carbonyl (C=O) groups excluding carboxylic acids is 1. The lowest BCUT2D eigenvalue weighted by Gasteiger charge is -2.13. The summed E-state index contributed by atoms with van der Waals surface area (Å²) in [4.78, 5) is 10.4. The van der Waals surface area contributed by atoms with Gasteiger partial charge in [-0.05, 0) is 24.3 Å². The van der Waals surface area contributed by atoms with Crippen LogP contribution >= 0.6 is 39.1 Å². The minimum Gasteiger partial charge on any atom is -0.371 e. The molecule has 1 aromatic rings. The van der Waals surface area contributed by atoms with E-state index in [2.05, 4.69) is 21.2 Å². The summed E-state index contributed by atoms with van der Waals surface area (Å²) in [7, 11) is 0. The van der Waals surface area contributed by atoms with Gasteiger partial charge in [0, 0.05) is 10.0 Å². The minimum atomic E-state index is -1.27. The van der Waals surface area contributed by atoms with Crippen molar-refractivity contribution >= 4 is 45.0 Å². The van der Waals surface area contributed by atoms with Gasteiger partial charge in [0.25, 0.3) is 5.91 Å². The summed E-state index contributed by atoms with van der Waals surface area (Å²) in [5.74, 6) is -0.429. The Labute approximate surface area is 106 Å². The highest BCUT2D eigenvalue weighted by molar-refractivity contribution is 9.10. The third-order valence-corrected chi connectivity index (χ3v) is 2.63. The molecule has 0 aliphatic carbocycles. The van der Waals surface area contributed by atoms with E-state index >= 15 is 0 Å². The number of benzene rings is 1. The molecule has 0 spiro atoms. The maximum atomic E-state index is 11.5. The molecule has 2 N–H and O–H groups in total. The van der Waals surface area contributed by atoms with Crippen LogP contribution < -0.4 is 5.32 Å². The number of aliphatic hydroxyl groups is 1. The Morgan fingerprint density at radius 3 is 2.33 bits per heavy atom. The number of carbonyl (C=O) groups is 1. The molecule has 0 unspecified atom stereocenters. The largest absolute Gasteiger partial charge is 0.371 e. The van der Waals surface area contributed by atoms with Gasteiger partial charge in [-0.25, -0.2) is 0 Å². The van der Waals surface area contributed by atoms with Crippen LogP contribution in [0.2, 0.25) is 0 Å². The number of nitrogens with one attached hydrogen (secondary N) is 1. The lowest BCUT2D eigenvalue weighted by molar-refractivity contribution is 0.0809. The van der Waals surface area contributed by atoms with E-state index in [1.165, 1.54) is 0 Å². The number of alkyl halides is 2. The summed E-state index contributed by atoms with van der Waals surface area (Å²) in [5.41, 5.74) is 0.422. The van der Waals surface area contributed by atoms with Crippen LogP contribution in [-0.2, 0) is 0 Å². The number of hydrogen-bond donors (Lipinski definition) is 2. The summed E-state index contributed by atoms with van der Waals surface area (Å²) in [5, 5.41) is 11.5. The van der Waals surface area contributed by atoms with Gasteiger partial charge in [-0.3, -0.25) is 4.79 Å². The van der Waals surface area contributed by atoms with E-state index in [4.69, 9.17) is 23.2 Å². The van der Waals surface area contributed by atoms with Crippen molar-refractivity contribution in [1.82, 2.24) is 5.32 Å². The third-order valence-electron chi connectivity index (χ3n) is 1.62. The molecule has 1 aromatic carbocycles. The lowest BCUT2D eigenvalue weighted by Crippen LogP contribution is -2.38. The molecular formula is C9H8BrCl2NO2. The smallest absolute Gasteiger partial charge is 0.253 e. The third kappa shape index (κ3) is 3.99. The van der Waals surface area contributed by atoms with Crippen LogP contribution in [0.5, 0.6) is 0 Å². The van der Waals surface area contributed by atoms with Crippen molar-refractivity contribution < 1.29 is 9.90 Å². The standard InChI is InChI=1S/C9H8BrCl2NO2/c10-6-3-1-5(2-4-6)8(14)13-9(15)7(11)12/h1-4,7,9,15H,(H,13,14)/t9-/m1/s1. The fraction of sp³-hybridized carbons (Fsp3) is 0.222. The average molecular weight is 313 g/mol. The van der Waals surface area contributed by atoms with Crippen molar-refractivity contribution in [2.45, 2.75) is 11.1 Å². The first-order valence-corrected chi connectivity index (χ1v) is 5.70. The fourth-order valence-corrected chi connectivity index (χ4v) is 1.27. The van der Waals surface area contributed by atoms with E-state index in [0.717, 1.165) is 4.47 Å². The van der Waals surface area contributed by atoms with Crippen LogP contribution in [0, 0.1) is 0 Å². The first kappa shape index (κ1) is 12.8. The van der Waals surface area contributed by atoms with Crippen molar-refractivity contribution in [1.29, 1.82) is 0 Å². The van der Waals surface area contributed by atoms with E-state index < -0.39 is 17.0 Å². The molecule has 0 heterocycles. The van der Waals surface area contributed by atoms with Gasteiger partial charge in [0.05, 0.1) is 0 Å².